The van der Waals surface area contributed by atoms with E-state index in [-0.39, 0.29) is 18.5 Å². The molecule has 0 bridgehead atoms. The maximum atomic E-state index is 13.1. The third kappa shape index (κ3) is 3.03. The summed E-state index contributed by atoms with van der Waals surface area (Å²) in [4.78, 5) is 0. The van der Waals surface area contributed by atoms with E-state index < -0.39 is 0 Å². The van der Waals surface area contributed by atoms with E-state index in [2.05, 4.69) is 21.2 Å². The summed E-state index contributed by atoms with van der Waals surface area (Å²) in [7, 11) is 0. The first-order chi connectivity index (χ1) is 7.70. The van der Waals surface area contributed by atoms with E-state index >= 15 is 0 Å². The topological polar surface area (TPSA) is 32.3 Å². The van der Waals surface area contributed by atoms with E-state index in [1.165, 1.54) is 18.9 Å². The largest absolute Gasteiger partial charge is 0.394 e. The Morgan fingerprint density at radius 2 is 2.25 bits per heavy atom. The molecule has 1 aromatic carbocycles. The Bertz CT molecular complexity index is 368. The molecule has 0 aromatic heterocycles. The van der Waals surface area contributed by atoms with Gasteiger partial charge < -0.3 is 10.4 Å². The van der Waals surface area contributed by atoms with Crippen LogP contribution in [-0.2, 0) is 0 Å². The van der Waals surface area contributed by atoms with Gasteiger partial charge in [-0.2, -0.15) is 0 Å². The van der Waals surface area contributed by atoms with Crippen LogP contribution in [-0.4, -0.2) is 18.3 Å². The molecule has 0 heterocycles. The molecule has 1 unspecified atom stereocenters. The van der Waals surface area contributed by atoms with Crippen LogP contribution < -0.4 is 5.32 Å². The summed E-state index contributed by atoms with van der Waals surface area (Å²) in [5, 5.41) is 12.6. The van der Waals surface area contributed by atoms with E-state index in [0.29, 0.717) is 4.47 Å². The standard InChI is InChI=1S/C12H15BrFNO/c13-10-5-9(3-4-11(10)14)12(7-16)15-6-8-1-2-8/h3-5,8,12,15-16H,1-2,6-7H2. The second-order valence-electron chi connectivity index (χ2n) is 4.26. The molecular formula is C12H15BrFNO. The van der Waals surface area contributed by atoms with Crippen LogP contribution >= 0.6 is 15.9 Å². The number of hydrogen-bond acceptors (Lipinski definition) is 2. The molecule has 0 amide bonds. The van der Waals surface area contributed by atoms with E-state index in [4.69, 9.17) is 0 Å². The van der Waals surface area contributed by atoms with Gasteiger partial charge in [-0.15, -0.1) is 0 Å². The number of aliphatic hydroxyl groups is 1. The quantitative estimate of drug-likeness (QED) is 0.873. The second kappa shape index (κ2) is 5.25. The Balaban J connectivity index is 2.02. The lowest BCUT2D eigenvalue weighted by Gasteiger charge is -2.17. The fourth-order valence-corrected chi connectivity index (χ4v) is 2.04. The molecule has 1 saturated carbocycles. The third-order valence-corrected chi connectivity index (χ3v) is 3.49. The minimum absolute atomic E-state index is 0.0325. The van der Waals surface area contributed by atoms with Gasteiger partial charge in [0.05, 0.1) is 17.1 Å². The lowest BCUT2D eigenvalue weighted by Crippen LogP contribution is -2.26. The summed E-state index contributed by atoms with van der Waals surface area (Å²) in [5.41, 5.74) is 0.913. The first kappa shape index (κ1) is 12.0. The van der Waals surface area contributed by atoms with Crippen LogP contribution in [0.5, 0.6) is 0 Å². The molecule has 1 aliphatic rings. The number of halogens is 2. The predicted octanol–water partition coefficient (Wildman–Crippen LogP) is 2.62. The van der Waals surface area contributed by atoms with E-state index in [1.54, 1.807) is 12.1 Å². The molecule has 88 valence electrons. The Hall–Kier alpha value is -0.450. The van der Waals surface area contributed by atoms with Gasteiger partial charge in [0.25, 0.3) is 0 Å². The van der Waals surface area contributed by atoms with Gasteiger partial charge in [-0.1, -0.05) is 6.07 Å². The molecule has 1 fully saturated rings. The smallest absolute Gasteiger partial charge is 0.137 e. The van der Waals surface area contributed by atoms with Crippen LogP contribution in [0.25, 0.3) is 0 Å². The first-order valence-electron chi connectivity index (χ1n) is 5.50. The van der Waals surface area contributed by atoms with E-state index in [0.717, 1.165) is 18.0 Å². The van der Waals surface area contributed by atoms with Crippen LogP contribution in [0.1, 0.15) is 24.4 Å². The summed E-state index contributed by atoms with van der Waals surface area (Å²) in [5.74, 6) is 0.487. The highest BCUT2D eigenvalue weighted by Gasteiger charge is 2.22. The van der Waals surface area contributed by atoms with Crippen molar-refractivity contribution in [1.82, 2.24) is 5.32 Å². The minimum atomic E-state index is -0.275. The first-order valence-corrected chi connectivity index (χ1v) is 6.29. The molecular weight excluding hydrogens is 273 g/mol. The Morgan fingerprint density at radius 1 is 1.50 bits per heavy atom. The van der Waals surface area contributed by atoms with E-state index in [1.807, 2.05) is 0 Å². The second-order valence-corrected chi connectivity index (χ2v) is 5.11. The van der Waals surface area contributed by atoms with Gasteiger partial charge in [-0.05, 0) is 58.9 Å². The van der Waals surface area contributed by atoms with E-state index in [9.17, 15) is 9.50 Å². The summed E-state index contributed by atoms with van der Waals surface area (Å²) >= 11 is 3.15. The average molecular weight is 288 g/mol. The summed E-state index contributed by atoms with van der Waals surface area (Å²) in [6, 6.07) is 4.75. The van der Waals surface area contributed by atoms with Crippen molar-refractivity contribution in [3.63, 3.8) is 0 Å². The average Bonchev–Trinajstić information content (AvgIpc) is 3.08. The molecule has 0 spiro atoms. The van der Waals surface area contributed by atoms with Crippen LogP contribution in [0.15, 0.2) is 22.7 Å². The summed E-state index contributed by atoms with van der Waals surface area (Å²) in [6.07, 6.45) is 2.55. The van der Waals surface area contributed by atoms with Crippen LogP contribution in [0.2, 0.25) is 0 Å². The van der Waals surface area contributed by atoms with Gasteiger partial charge in [0.15, 0.2) is 0 Å². The molecule has 0 aliphatic heterocycles. The van der Waals surface area contributed by atoms with Crippen molar-refractivity contribution in [1.29, 1.82) is 0 Å². The number of rotatable bonds is 5. The van der Waals surface area contributed by atoms with Gasteiger partial charge >= 0.3 is 0 Å². The molecule has 4 heteroatoms. The maximum absolute atomic E-state index is 13.1. The lowest BCUT2D eigenvalue weighted by molar-refractivity contribution is 0.243. The van der Waals surface area contributed by atoms with Gasteiger partial charge in [-0.3, -0.25) is 0 Å². The van der Waals surface area contributed by atoms with Crippen LogP contribution in [0, 0.1) is 11.7 Å². The zero-order valence-electron chi connectivity index (χ0n) is 8.92. The predicted molar refractivity (Wildman–Crippen MR) is 64.7 cm³/mol. The van der Waals surface area contributed by atoms with Gasteiger partial charge in [0.1, 0.15) is 5.82 Å². The van der Waals surface area contributed by atoms with Crippen LogP contribution in [0.4, 0.5) is 4.39 Å². The fourth-order valence-electron chi connectivity index (χ4n) is 1.65. The summed E-state index contributed by atoms with van der Waals surface area (Å²) < 4.78 is 13.5. The summed E-state index contributed by atoms with van der Waals surface area (Å²) in [6.45, 7) is 0.963. The number of hydrogen-bond donors (Lipinski definition) is 2. The molecule has 1 aliphatic carbocycles. The van der Waals surface area contributed by atoms with Gasteiger partial charge in [0.2, 0.25) is 0 Å². The fraction of sp³-hybridized carbons (Fsp3) is 0.500. The highest BCUT2D eigenvalue weighted by atomic mass is 79.9. The maximum Gasteiger partial charge on any atom is 0.137 e. The minimum Gasteiger partial charge on any atom is -0.394 e. The zero-order valence-corrected chi connectivity index (χ0v) is 10.5. The van der Waals surface area contributed by atoms with Crippen molar-refractivity contribution < 1.29 is 9.50 Å². The highest BCUT2D eigenvalue weighted by Crippen LogP contribution is 2.29. The Kier molecular flexibility index (Phi) is 3.95. The zero-order chi connectivity index (χ0) is 11.5. The highest BCUT2D eigenvalue weighted by molar-refractivity contribution is 9.10. The normalized spacial score (nSPS) is 17.4. The van der Waals surface area contributed by atoms with Crippen molar-refractivity contribution in [3.8, 4) is 0 Å². The molecule has 2 N–H and O–H groups in total. The molecule has 0 saturated heterocycles. The van der Waals surface area contributed by atoms with Gasteiger partial charge in [0, 0.05) is 0 Å². The SMILES string of the molecule is OCC(NCC1CC1)c1ccc(F)c(Br)c1. The van der Waals surface area contributed by atoms with Crippen molar-refractivity contribution in [2.24, 2.45) is 5.92 Å². The van der Waals surface area contributed by atoms with Crippen molar-refractivity contribution in [2.75, 3.05) is 13.2 Å². The molecule has 1 aromatic rings. The van der Waals surface area contributed by atoms with Crippen molar-refractivity contribution >= 4 is 15.9 Å². The van der Waals surface area contributed by atoms with Crippen LogP contribution in [0.3, 0.4) is 0 Å². The molecule has 1 atom stereocenters. The molecule has 2 rings (SSSR count). The number of aliphatic hydroxyl groups excluding tert-OH is 1. The molecule has 2 nitrogen and oxygen atoms in total. The Labute approximate surface area is 103 Å². The number of benzene rings is 1. The lowest BCUT2D eigenvalue weighted by atomic mass is 10.1. The Morgan fingerprint density at radius 3 is 2.81 bits per heavy atom. The van der Waals surface area contributed by atoms with Crippen molar-refractivity contribution in [3.05, 3.63) is 34.1 Å². The van der Waals surface area contributed by atoms with Gasteiger partial charge in [-0.25, -0.2) is 4.39 Å². The van der Waals surface area contributed by atoms with Crippen molar-refractivity contribution in [2.45, 2.75) is 18.9 Å². The molecule has 0 radical (unpaired) electrons. The third-order valence-electron chi connectivity index (χ3n) is 2.88. The number of nitrogens with one attached hydrogen (secondary N) is 1. The molecule has 16 heavy (non-hydrogen) atoms. The monoisotopic (exact) mass is 287 g/mol.